The standard InChI is InChI=1S/C24H27NO2S/c26-28(27,23-16-15-19-9-7-8-14-22(19)17-23)25-18-24(20-10-3-1-4-11-20)21-12-5-2-6-13-21/h1,3-4,7-11,14-17,21,24-25H,2,5-6,12-13,18H2/t24-/m0/s1. The summed E-state index contributed by atoms with van der Waals surface area (Å²) in [6.07, 6.45) is 6.13. The van der Waals surface area contributed by atoms with Crippen LogP contribution in [0.2, 0.25) is 0 Å². The second-order valence-electron chi connectivity index (χ2n) is 7.78. The predicted molar refractivity (Wildman–Crippen MR) is 115 cm³/mol. The molecule has 3 aromatic rings. The minimum atomic E-state index is -3.54. The van der Waals surface area contributed by atoms with Crippen LogP contribution in [0.1, 0.15) is 43.6 Å². The van der Waals surface area contributed by atoms with E-state index < -0.39 is 10.0 Å². The van der Waals surface area contributed by atoms with Gasteiger partial charge in [0.2, 0.25) is 10.0 Å². The van der Waals surface area contributed by atoms with E-state index in [1.54, 1.807) is 12.1 Å². The lowest BCUT2D eigenvalue weighted by Gasteiger charge is -2.31. The third-order valence-corrected chi connectivity index (χ3v) is 7.39. The Bertz CT molecular complexity index is 1020. The molecule has 0 radical (unpaired) electrons. The summed E-state index contributed by atoms with van der Waals surface area (Å²) in [6, 6.07) is 23.5. The van der Waals surface area contributed by atoms with E-state index >= 15 is 0 Å². The normalized spacial score (nSPS) is 16.9. The van der Waals surface area contributed by atoms with Crippen molar-refractivity contribution < 1.29 is 8.42 Å². The Hall–Kier alpha value is -2.17. The lowest BCUT2D eigenvalue weighted by atomic mass is 9.77. The van der Waals surface area contributed by atoms with Crippen LogP contribution in [-0.4, -0.2) is 15.0 Å². The van der Waals surface area contributed by atoms with Gasteiger partial charge in [0.1, 0.15) is 0 Å². The van der Waals surface area contributed by atoms with Gasteiger partial charge in [0.05, 0.1) is 4.90 Å². The molecule has 146 valence electrons. The van der Waals surface area contributed by atoms with Crippen LogP contribution in [0.5, 0.6) is 0 Å². The number of nitrogens with one attached hydrogen (secondary N) is 1. The van der Waals surface area contributed by atoms with Crippen LogP contribution in [0.4, 0.5) is 0 Å². The molecule has 3 nitrogen and oxygen atoms in total. The van der Waals surface area contributed by atoms with Crippen molar-refractivity contribution >= 4 is 20.8 Å². The molecule has 28 heavy (non-hydrogen) atoms. The molecule has 0 spiro atoms. The summed E-state index contributed by atoms with van der Waals surface area (Å²) in [7, 11) is -3.54. The van der Waals surface area contributed by atoms with Gasteiger partial charge in [-0.1, -0.05) is 79.9 Å². The van der Waals surface area contributed by atoms with Gasteiger partial charge < -0.3 is 0 Å². The van der Waals surface area contributed by atoms with Gasteiger partial charge in [0.15, 0.2) is 0 Å². The van der Waals surface area contributed by atoms with Crippen LogP contribution < -0.4 is 4.72 Å². The predicted octanol–water partition coefficient (Wildman–Crippen LogP) is 5.48. The minimum absolute atomic E-state index is 0.219. The van der Waals surface area contributed by atoms with Crippen molar-refractivity contribution in [3.8, 4) is 0 Å². The number of hydrogen-bond donors (Lipinski definition) is 1. The van der Waals surface area contributed by atoms with Crippen molar-refractivity contribution in [2.45, 2.75) is 42.9 Å². The fourth-order valence-corrected chi connectivity index (χ4v) is 5.51. The maximum absolute atomic E-state index is 13.0. The van der Waals surface area contributed by atoms with E-state index in [9.17, 15) is 8.42 Å². The van der Waals surface area contributed by atoms with E-state index in [0.717, 1.165) is 10.8 Å². The monoisotopic (exact) mass is 393 g/mol. The Balaban J connectivity index is 1.56. The van der Waals surface area contributed by atoms with Gasteiger partial charge >= 0.3 is 0 Å². The molecule has 3 aromatic carbocycles. The topological polar surface area (TPSA) is 46.2 Å². The molecule has 0 bridgehead atoms. The SMILES string of the molecule is O=S(=O)(NC[C@@H](c1ccccc1)C1CCCCC1)c1ccc2ccccc2c1. The highest BCUT2D eigenvalue weighted by Gasteiger charge is 2.27. The average molecular weight is 394 g/mol. The lowest BCUT2D eigenvalue weighted by Crippen LogP contribution is -2.32. The van der Waals surface area contributed by atoms with Crippen molar-refractivity contribution in [2.75, 3.05) is 6.54 Å². The van der Waals surface area contributed by atoms with Gasteiger partial charge in [-0.05, 0) is 47.2 Å². The molecule has 1 atom stereocenters. The lowest BCUT2D eigenvalue weighted by molar-refractivity contribution is 0.303. The Morgan fingerprint density at radius 1 is 0.821 bits per heavy atom. The zero-order valence-corrected chi connectivity index (χ0v) is 16.9. The van der Waals surface area contributed by atoms with Crippen LogP contribution in [-0.2, 0) is 10.0 Å². The van der Waals surface area contributed by atoms with E-state index in [-0.39, 0.29) is 5.92 Å². The molecule has 0 saturated heterocycles. The smallest absolute Gasteiger partial charge is 0.211 e. The molecule has 0 amide bonds. The van der Waals surface area contributed by atoms with Gasteiger partial charge in [-0.15, -0.1) is 0 Å². The molecule has 4 heteroatoms. The van der Waals surface area contributed by atoms with Gasteiger partial charge in [0.25, 0.3) is 0 Å². The van der Waals surface area contributed by atoms with Crippen LogP contribution in [0.15, 0.2) is 77.7 Å². The van der Waals surface area contributed by atoms with Crippen LogP contribution in [0.25, 0.3) is 10.8 Å². The molecule has 1 N–H and O–H groups in total. The second kappa shape index (κ2) is 8.46. The first-order valence-electron chi connectivity index (χ1n) is 10.2. The Labute approximate surface area is 167 Å². The molecule has 0 aliphatic heterocycles. The van der Waals surface area contributed by atoms with Crippen molar-refractivity contribution in [3.63, 3.8) is 0 Å². The molecule has 1 fully saturated rings. The zero-order valence-electron chi connectivity index (χ0n) is 16.1. The molecule has 1 saturated carbocycles. The van der Waals surface area contributed by atoms with Crippen LogP contribution in [0.3, 0.4) is 0 Å². The number of benzene rings is 3. The highest BCUT2D eigenvalue weighted by Crippen LogP contribution is 2.36. The minimum Gasteiger partial charge on any atom is -0.211 e. The fourth-order valence-electron chi connectivity index (χ4n) is 4.41. The summed E-state index contributed by atoms with van der Waals surface area (Å²) >= 11 is 0. The summed E-state index contributed by atoms with van der Waals surface area (Å²) in [5, 5.41) is 1.99. The molecule has 1 aliphatic carbocycles. The first kappa shape index (κ1) is 19.2. The molecule has 0 heterocycles. The van der Waals surface area contributed by atoms with E-state index in [0.29, 0.717) is 17.4 Å². The Kier molecular flexibility index (Phi) is 5.79. The van der Waals surface area contributed by atoms with E-state index in [4.69, 9.17) is 0 Å². The maximum atomic E-state index is 13.0. The first-order valence-corrected chi connectivity index (χ1v) is 11.7. The zero-order chi connectivity index (χ0) is 19.4. The Morgan fingerprint density at radius 3 is 2.25 bits per heavy atom. The summed E-state index contributed by atoms with van der Waals surface area (Å²) < 4.78 is 28.9. The Morgan fingerprint density at radius 2 is 1.50 bits per heavy atom. The van der Waals surface area contributed by atoms with Crippen molar-refractivity contribution in [3.05, 3.63) is 78.4 Å². The number of sulfonamides is 1. The molecular weight excluding hydrogens is 366 g/mol. The van der Waals surface area contributed by atoms with E-state index in [1.165, 1.54) is 37.7 Å². The summed E-state index contributed by atoms with van der Waals surface area (Å²) in [4.78, 5) is 0.335. The highest BCUT2D eigenvalue weighted by atomic mass is 32.2. The molecular formula is C24H27NO2S. The molecule has 4 rings (SSSR count). The van der Waals surface area contributed by atoms with Crippen LogP contribution in [0, 0.1) is 5.92 Å². The molecule has 0 aromatic heterocycles. The van der Waals surface area contributed by atoms with E-state index in [2.05, 4.69) is 16.9 Å². The van der Waals surface area contributed by atoms with E-state index in [1.807, 2.05) is 48.5 Å². The van der Waals surface area contributed by atoms with Crippen molar-refractivity contribution in [1.82, 2.24) is 4.72 Å². The van der Waals surface area contributed by atoms with Gasteiger partial charge in [-0.25, -0.2) is 13.1 Å². The largest absolute Gasteiger partial charge is 0.240 e. The maximum Gasteiger partial charge on any atom is 0.240 e. The highest BCUT2D eigenvalue weighted by molar-refractivity contribution is 7.89. The number of hydrogen-bond acceptors (Lipinski definition) is 2. The molecule has 1 aliphatic rings. The second-order valence-corrected chi connectivity index (χ2v) is 9.54. The van der Waals surface area contributed by atoms with Crippen molar-refractivity contribution in [2.24, 2.45) is 5.92 Å². The molecule has 0 unspecified atom stereocenters. The van der Waals surface area contributed by atoms with Crippen molar-refractivity contribution in [1.29, 1.82) is 0 Å². The number of rotatable bonds is 6. The van der Waals surface area contributed by atoms with Gasteiger partial charge in [0, 0.05) is 12.5 Å². The quantitative estimate of drug-likeness (QED) is 0.602. The fraction of sp³-hybridized carbons (Fsp3) is 0.333. The summed E-state index contributed by atoms with van der Waals surface area (Å²) in [5.41, 5.74) is 1.23. The summed E-state index contributed by atoms with van der Waals surface area (Å²) in [6.45, 7) is 0.448. The van der Waals surface area contributed by atoms with Crippen LogP contribution >= 0.6 is 0 Å². The number of fused-ring (bicyclic) bond motifs is 1. The third kappa shape index (κ3) is 4.29. The van der Waals surface area contributed by atoms with Gasteiger partial charge in [-0.2, -0.15) is 0 Å². The average Bonchev–Trinajstić information content (AvgIpc) is 2.75. The first-order chi connectivity index (χ1) is 13.6. The summed E-state index contributed by atoms with van der Waals surface area (Å²) in [5.74, 6) is 0.757. The third-order valence-electron chi connectivity index (χ3n) is 5.97. The van der Waals surface area contributed by atoms with Gasteiger partial charge in [-0.3, -0.25) is 0 Å².